The summed E-state index contributed by atoms with van der Waals surface area (Å²) >= 11 is 0. The first-order valence-electron chi connectivity index (χ1n) is 5.34. The maximum absolute atomic E-state index is 9.49. The van der Waals surface area contributed by atoms with Crippen LogP contribution in [0.25, 0.3) is 0 Å². The van der Waals surface area contributed by atoms with Crippen molar-refractivity contribution < 1.29 is 19.3 Å². The monoisotopic (exact) mass is 241 g/mol. The smallest absolute Gasteiger partial charge is 0.162 e. The zero-order valence-electron chi connectivity index (χ0n) is 10.4. The van der Waals surface area contributed by atoms with Crippen LogP contribution in [0, 0.1) is 0 Å². The van der Waals surface area contributed by atoms with Gasteiger partial charge in [-0.2, -0.15) is 0 Å². The fourth-order valence-electron chi connectivity index (χ4n) is 1.43. The number of rotatable bonds is 7. The highest BCUT2D eigenvalue weighted by molar-refractivity contribution is 5.54. The minimum atomic E-state index is -0.534. The summed E-state index contributed by atoms with van der Waals surface area (Å²) in [5.74, 6) is 1.33. The Hall–Kier alpha value is -1.46. The van der Waals surface area contributed by atoms with Crippen LogP contribution < -0.4 is 14.8 Å². The molecule has 1 aromatic rings. The van der Waals surface area contributed by atoms with Crippen molar-refractivity contribution in [3.63, 3.8) is 0 Å². The summed E-state index contributed by atoms with van der Waals surface area (Å²) in [4.78, 5) is 0. The van der Waals surface area contributed by atoms with Gasteiger partial charge in [0.1, 0.15) is 0 Å². The molecule has 0 spiro atoms. The maximum atomic E-state index is 9.49. The van der Waals surface area contributed by atoms with Crippen molar-refractivity contribution in [1.29, 1.82) is 0 Å². The van der Waals surface area contributed by atoms with Gasteiger partial charge in [0.05, 0.1) is 26.9 Å². The number of nitrogens with one attached hydrogen (secondary N) is 1. The molecule has 0 aliphatic carbocycles. The number of benzene rings is 1. The number of methoxy groups -OCH3 is 3. The van der Waals surface area contributed by atoms with Crippen LogP contribution in [-0.4, -0.2) is 45.7 Å². The predicted octanol–water partition coefficient (Wildman–Crippen LogP) is 1.12. The van der Waals surface area contributed by atoms with Crippen molar-refractivity contribution in [3.05, 3.63) is 18.2 Å². The van der Waals surface area contributed by atoms with Gasteiger partial charge in [-0.25, -0.2) is 0 Å². The van der Waals surface area contributed by atoms with Crippen LogP contribution in [0.15, 0.2) is 18.2 Å². The van der Waals surface area contributed by atoms with Crippen LogP contribution in [0.5, 0.6) is 11.5 Å². The third-order valence-corrected chi connectivity index (χ3v) is 2.28. The fraction of sp³-hybridized carbons (Fsp3) is 0.500. The van der Waals surface area contributed by atoms with E-state index < -0.39 is 6.10 Å². The zero-order valence-corrected chi connectivity index (χ0v) is 10.4. The lowest BCUT2D eigenvalue weighted by molar-refractivity contribution is 0.0727. The Kier molecular flexibility index (Phi) is 5.59. The number of hydrogen-bond donors (Lipinski definition) is 2. The van der Waals surface area contributed by atoms with Gasteiger partial charge in [0.2, 0.25) is 0 Å². The first kappa shape index (κ1) is 13.6. The summed E-state index contributed by atoms with van der Waals surface area (Å²) in [5.41, 5.74) is 0.859. The lowest BCUT2D eigenvalue weighted by atomic mass is 10.2. The molecule has 0 saturated carbocycles. The van der Waals surface area contributed by atoms with Crippen LogP contribution in [0.1, 0.15) is 0 Å². The Morgan fingerprint density at radius 3 is 2.47 bits per heavy atom. The second kappa shape index (κ2) is 6.98. The number of anilines is 1. The van der Waals surface area contributed by atoms with E-state index in [1.54, 1.807) is 21.3 Å². The number of aliphatic hydroxyl groups is 1. The average molecular weight is 241 g/mol. The largest absolute Gasteiger partial charge is 0.493 e. The highest BCUT2D eigenvalue weighted by Gasteiger charge is 2.06. The van der Waals surface area contributed by atoms with Crippen LogP contribution >= 0.6 is 0 Å². The Morgan fingerprint density at radius 1 is 1.18 bits per heavy atom. The first-order valence-corrected chi connectivity index (χ1v) is 5.34. The third-order valence-electron chi connectivity index (χ3n) is 2.28. The van der Waals surface area contributed by atoms with Gasteiger partial charge in [-0.3, -0.25) is 0 Å². The van der Waals surface area contributed by atoms with E-state index in [1.807, 2.05) is 18.2 Å². The SMILES string of the molecule is COCC(O)CNc1ccc(OC)c(OC)c1. The quantitative estimate of drug-likeness (QED) is 0.749. The van der Waals surface area contributed by atoms with Crippen molar-refractivity contribution in [1.82, 2.24) is 0 Å². The topological polar surface area (TPSA) is 60.0 Å². The fourth-order valence-corrected chi connectivity index (χ4v) is 1.43. The number of ether oxygens (including phenoxy) is 3. The molecule has 0 bridgehead atoms. The molecule has 0 radical (unpaired) electrons. The van der Waals surface area contributed by atoms with E-state index in [1.165, 1.54) is 0 Å². The second-order valence-corrected chi connectivity index (χ2v) is 3.56. The molecular weight excluding hydrogens is 222 g/mol. The molecule has 0 fully saturated rings. The minimum Gasteiger partial charge on any atom is -0.493 e. The van der Waals surface area contributed by atoms with Crippen molar-refractivity contribution in [3.8, 4) is 11.5 Å². The summed E-state index contributed by atoms with van der Waals surface area (Å²) in [6.07, 6.45) is -0.534. The van der Waals surface area contributed by atoms with E-state index in [9.17, 15) is 5.11 Å². The highest BCUT2D eigenvalue weighted by Crippen LogP contribution is 2.29. The standard InChI is InChI=1S/C12H19NO4/c1-15-8-10(14)7-13-9-4-5-11(16-2)12(6-9)17-3/h4-6,10,13-14H,7-8H2,1-3H3. The second-order valence-electron chi connectivity index (χ2n) is 3.56. The maximum Gasteiger partial charge on any atom is 0.162 e. The summed E-state index contributed by atoms with van der Waals surface area (Å²) in [6.45, 7) is 0.726. The Labute approximate surface area is 101 Å². The summed E-state index contributed by atoms with van der Waals surface area (Å²) in [6, 6.07) is 5.49. The molecule has 0 aliphatic heterocycles. The van der Waals surface area contributed by atoms with Gasteiger partial charge in [0.25, 0.3) is 0 Å². The molecule has 96 valence electrons. The lowest BCUT2D eigenvalue weighted by Crippen LogP contribution is -2.24. The van der Waals surface area contributed by atoms with Crippen LogP contribution in [0.3, 0.4) is 0 Å². The van der Waals surface area contributed by atoms with Crippen molar-refractivity contribution in [2.45, 2.75) is 6.10 Å². The molecule has 1 aromatic carbocycles. The molecule has 0 aliphatic rings. The van der Waals surface area contributed by atoms with Gasteiger partial charge in [0.15, 0.2) is 11.5 Å². The summed E-state index contributed by atoms with van der Waals surface area (Å²) < 4.78 is 15.2. The van der Waals surface area contributed by atoms with Gasteiger partial charge in [-0.15, -0.1) is 0 Å². The molecule has 0 aromatic heterocycles. The van der Waals surface area contributed by atoms with E-state index in [0.717, 1.165) is 5.69 Å². The lowest BCUT2D eigenvalue weighted by Gasteiger charge is -2.13. The Morgan fingerprint density at radius 2 is 1.88 bits per heavy atom. The van der Waals surface area contributed by atoms with E-state index in [4.69, 9.17) is 14.2 Å². The average Bonchev–Trinajstić information content (AvgIpc) is 2.36. The number of hydrogen-bond acceptors (Lipinski definition) is 5. The highest BCUT2D eigenvalue weighted by atomic mass is 16.5. The van der Waals surface area contributed by atoms with Gasteiger partial charge in [-0.1, -0.05) is 0 Å². The van der Waals surface area contributed by atoms with Crippen LogP contribution in [0.4, 0.5) is 5.69 Å². The van der Waals surface area contributed by atoms with Crippen molar-refractivity contribution in [2.24, 2.45) is 0 Å². The minimum absolute atomic E-state index is 0.306. The van der Waals surface area contributed by atoms with E-state index >= 15 is 0 Å². The Bertz CT molecular complexity index is 343. The van der Waals surface area contributed by atoms with E-state index in [2.05, 4.69) is 5.32 Å². The molecule has 17 heavy (non-hydrogen) atoms. The summed E-state index contributed by atoms with van der Waals surface area (Å²) in [7, 11) is 4.73. The van der Waals surface area contributed by atoms with Gasteiger partial charge in [0, 0.05) is 25.4 Å². The molecule has 0 heterocycles. The zero-order chi connectivity index (χ0) is 12.7. The van der Waals surface area contributed by atoms with Crippen molar-refractivity contribution in [2.75, 3.05) is 39.8 Å². The molecule has 1 rings (SSSR count). The van der Waals surface area contributed by atoms with Crippen LogP contribution in [-0.2, 0) is 4.74 Å². The third kappa shape index (κ3) is 4.13. The molecular formula is C12H19NO4. The van der Waals surface area contributed by atoms with E-state index in [-0.39, 0.29) is 0 Å². The van der Waals surface area contributed by atoms with E-state index in [0.29, 0.717) is 24.7 Å². The normalized spacial score (nSPS) is 12.0. The molecule has 0 saturated heterocycles. The first-order chi connectivity index (χ1) is 8.21. The molecule has 5 heteroatoms. The van der Waals surface area contributed by atoms with Gasteiger partial charge in [-0.05, 0) is 12.1 Å². The van der Waals surface area contributed by atoms with Crippen LogP contribution in [0.2, 0.25) is 0 Å². The molecule has 0 amide bonds. The molecule has 2 N–H and O–H groups in total. The molecule has 5 nitrogen and oxygen atoms in total. The Balaban J connectivity index is 2.60. The van der Waals surface area contributed by atoms with Gasteiger partial charge >= 0.3 is 0 Å². The molecule has 1 atom stereocenters. The van der Waals surface area contributed by atoms with Gasteiger partial charge < -0.3 is 24.6 Å². The predicted molar refractivity (Wildman–Crippen MR) is 65.9 cm³/mol. The number of aliphatic hydroxyl groups excluding tert-OH is 1. The molecule has 1 unspecified atom stereocenters. The summed E-state index contributed by atoms with van der Waals surface area (Å²) in [5, 5.41) is 12.6. The van der Waals surface area contributed by atoms with Crippen molar-refractivity contribution >= 4 is 5.69 Å².